The van der Waals surface area contributed by atoms with Crippen molar-refractivity contribution in [1.82, 2.24) is 4.98 Å². The number of nitrogens with one attached hydrogen (secondary N) is 1. The highest BCUT2D eigenvalue weighted by Gasteiger charge is 2.10. The fourth-order valence-electron chi connectivity index (χ4n) is 1.83. The molecule has 3 N–H and O–H groups in total. The Kier molecular flexibility index (Phi) is 4.44. The molecule has 20 heavy (non-hydrogen) atoms. The highest BCUT2D eigenvalue weighted by molar-refractivity contribution is 6.02. The molecule has 102 valence electrons. The Bertz CT molecular complexity index is 612. The largest absolute Gasteiger partial charge is 0.366 e. The topological polar surface area (TPSA) is 85.1 Å². The Balaban J connectivity index is 1.97. The zero-order valence-electron chi connectivity index (χ0n) is 10.9. The van der Waals surface area contributed by atoms with Gasteiger partial charge in [0.15, 0.2) is 0 Å². The molecule has 1 heterocycles. The number of primary amides is 1. The van der Waals surface area contributed by atoms with E-state index in [0.29, 0.717) is 24.1 Å². The van der Waals surface area contributed by atoms with Gasteiger partial charge in [0.1, 0.15) is 0 Å². The highest BCUT2D eigenvalue weighted by Crippen LogP contribution is 2.14. The van der Waals surface area contributed by atoms with Crippen LogP contribution in [0.15, 0.2) is 48.8 Å². The van der Waals surface area contributed by atoms with Crippen LogP contribution in [0, 0.1) is 0 Å². The van der Waals surface area contributed by atoms with Gasteiger partial charge >= 0.3 is 0 Å². The van der Waals surface area contributed by atoms with Crippen LogP contribution in [0.5, 0.6) is 0 Å². The second kappa shape index (κ2) is 6.47. The smallest absolute Gasteiger partial charge is 0.250 e. The molecule has 0 aliphatic carbocycles. The number of pyridine rings is 1. The number of nitrogens with two attached hydrogens (primary N) is 1. The van der Waals surface area contributed by atoms with E-state index in [1.807, 2.05) is 12.1 Å². The van der Waals surface area contributed by atoms with Crippen LogP contribution in [-0.4, -0.2) is 16.8 Å². The summed E-state index contributed by atoms with van der Waals surface area (Å²) in [6.07, 6.45) is 4.33. The van der Waals surface area contributed by atoms with E-state index >= 15 is 0 Å². The summed E-state index contributed by atoms with van der Waals surface area (Å²) in [6, 6.07) is 10.4. The SMILES string of the molecule is NC(=O)c1ccccc1NC(=O)CCc1ccncc1. The third-order valence-electron chi connectivity index (χ3n) is 2.86. The van der Waals surface area contributed by atoms with Gasteiger partial charge in [0.2, 0.25) is 5.91 Å². The van der Waals surface area contributed by atoms with Crippen molar-refractivity contribution < 1.29 is 9.59 Å². The maximum atomic E-state index is 11.9. The molecule has 0 radical (unpaired) electrons. The lowest BCUT2D eigenvalue weighted by Crippen LogP contribution is -2.18. The summed E-state index contributed by atoms with van der Waals surface area (Å²) in [5, 5.41) is 2.71. The van der Waals surface area contributed by atoms with Gasteiger partial charge < -0.3 is 11.1 Å². The van der Waals surface area contributed by atoms with Crippen LogP contribution in [0.4, 0.5) is 5.69 Å². The number of anilines is 1. The minimum Gasteiger partial charge on any atom is -0.366 e. The van der Waals surface area contributed by atoms with Crippen molar-refractivity contribution in [3.05, 3.63) is 59.9 Å². The molecule has 0 atom stereocenters. The Morgan fingerprint density at radius 3 is 2.50 bits per heavy atom. The zero-order valence-corrected chi connectivity index (χ0v) is 10.9. The summed E-state index contributed by atoms with van der Waals surface area (Å²) < 4.78 is 0. The normalized spacial score (nSPS) is 10.0. The van der Waals surface area contributed by atoms with E-state index in [4.69, 9.17) is 5.73 Å². The number of hydrogen-bond acceptors (Lipinski definition) is 3. The second-order valence-corrected chi connectivity index (χ2v) is 4.31. The van der Waals surface area contributed by atoms with Crippen molar-refractivity contribution in [3.63, 3.8) is 0 Å². The number of rotatable bonds is 5. The molecule has 0 aliphatic rings. The Labute approximate surface area is 116 Å². The van der Waals surface area contributed by atoms with Gasteiger partial charge in [-0.3, -0.25) is 14.6 Å². The maximum Gasteiger partial charge on any atom is 0.250 e. The van der Waals surface area contributed by atoms with Crippen molar-refractivity contribution >= 4 is 17.5 Å². The average molecular weight is 269 g/mol. The van der Waals surface area contributed by atoms with Gasteiger partial charge in [-0.1, -0.05) is 12.1 Å². The minimum atomic E-state index is -0.560. The van der Waals surface area contributed by atoms with Gasteiger partial charge in [0, 0.05) is 18.8 Å². The molecule has 5 nitrogen and oxygen atoms in total. The van der Waals surface area contributed by atoms with Gasteiger partial charge in [0.05, 0.1) is 11.3 Å². The first-order chi connectivity index (χ1) is 9.66. The van der Waals surface area contributed by atoms with E-state index in [-0.39, 0.29) is 5.91 Å². The highest BCUT2D eigenvalue weighted by atomic mass is 16.2. The molecule has 0 bridgehead atoms. The summed E-state index contributed by atoms with van der Waals surface area (Å²) in [5.74, 6) is -0.717. The van der Waals surface area contributed by atoms with E-state index < -0.39 is 5.91 Å². The standard InChI is InChI=1S/C15H15N3O2/c16-15(20)12-3-1-2-4-13(12)18-14(19)6-5-11-7-9-17-10-8-11/h1-4,7-10H,5-6H2,(H2,16,20)(H,18,19). The minimum absolute atomic E-state index is 0.157. The summed E-state index contributed by atoms with van der Waals surface area (Å²) >= 11 is 0. The molecule has 5 heteroatoms. The maximum absolute atomic E-state index is 11.9. The Morgan fingerprint density at radius 1 is 1.10 bits per heavy atom. The lowest BCUT2D eigenvalue weighted by atomic mass is 10.1. The van der Waals surface area contributed by atoms with E-state index in [0.717, 1.165) is 5.56 Å². The number of carbonyl (C=O) groups is 2. The number of hydrogen-bond donors (Lipinski definition) is 2. The fourth-order valence-corrected chi connectivity index (χ4v) is 1.83. The first-order valence-electron chi connectivity index (χ1n) is 6.24. The predicted octanol–water partition coefficient (Wildman–Crippen LogP) is 1.75. The van der Waals surface area contributed by atoms with Gasteiger partial charge in [-0.15, -0.1) is 0 Å². The molecule has 0 saturated carbocycles. The molecular weight excluding hydrogens is 254 g/mol. The number of benzene rings is 1. The van der Waals surface area contributed by atoms with Crippen molar-refractivity contribution in [2.75, 3.05) is 5.32 Å². The predicted molar refractivity (Wildman–Crippen MR) is 76.1 cm³/mol. The van der Waals surface area contributed by atoms with Crippen molar-refractivity contribution in [2.24, 2.45) is 5.73 Å². The van der Waals surface area contributed by atoms with E-state index in [9.17, 15) is 9.59 Å². The van der Waals surface area contributed by atoms with Crippen molar-refractivity contribution in [2.45, 2.75) is 12.8 Å². The molecule has 0 fully saturated rings. The lowest BCUT2D eigenvalue weighted by Gasteiger charge is -2.08. The number of aryl methyl sites for hydroxylation is 1. The number of aromatic nitrogens is 1. The fraction of sp³-hybridized carbons (Fsp3) is 0.133. The molecule has 0 spiro atoms. The van der Waals surface area contributed by atoms with Crippen LogP contribution in [0.2, 0.25) is 0 Å². The molecule has 1 aromatic carbocycles. The molecule has 0 saturated heterocycles. The zero-order chi connectivity index (χ0) is 14.4. The molecule has 0 unspecified atom stereocenters. The summed E-state index contributed by atoms with van der Waals surface area (Å²) in [7, 11) is 0. The quantitative estimate of drug-likeness (QED) is 0.867. The molecular formula is C15H15N3O2. The van der Waals surface area contributed by atoms with Gasteiger partial charge in [-0.25, -0.2) is 0 Å². The Morgan fingerprint density at radius 2 is 1.80 bits per heavy atom. The number of nitrogens with zero attached hydrogens (tertiary/aromatic N) is 1. The van der Waals surface area contributed by atoms with Crippen LogP contribution in [0.25, 0.3) is 0 Å². The molecule has 2 rings (SSSR count). The summed E-state index contributed by atoms with van der Waals surface area (Å²) in [4.78, 5) is 27.0. The van der Waals surface area contributed by atoms with Crippen LogP contribution >= 0.6 is 0 Å². The van der Waals surface area contributed by atoms with Gasteiger partial charge in [0.25, 0.3) is 5.91 Å². The molecule has 2 aromatic rings. The first-order valence-corrected chi connectivity index (χ1v) is 6.24. The monoisotopic (exact) mass is 269 g/mol. The molecule has 2 amide bonds. The van der Waals surface area contributed by atoms with E-state index in [1.165, 1.54) is 0 Å². The molecule has 0 aliphatic heterocycles. The third kappa shape index (κ3) is 3.65. The van der Waals surface area contributed by atoms with E-state index in [1.54, 1.807) is 36.7 Å². The third-order valence-corrected chi connectivity index (χ3v) is 2.86. The Hall–Kier alpha value is -2.69. The summed E-state index contributed by atoms with van der Waals surface area (Å²) in [6.45, 7) is 0. The second-order valence-electron chi connectivity index (χ2n) is 4.31. The van der Waals surface area contributed by atoms with Crippen molar-refractivity contribution in [1.29, 1.82) is 0 Å². The lowest BCUT2D eigenvalue weighted by molar-refractivity contribution is -0.116. The van der Waals surface area contributed by atoms with Gasteiger partial charge in [-0.2, -0.15) is 0 Å². The van der Waals surface area contributed by atoms with Crippen LogP contribution in [0.1, 0.15) is 22.3 Å². The average Bonchev–Trinajstić information content (AvgIpc) is 2.46. The number of amides is 2. The van der Waals surface area contributed by atoms with E-state index in [2.05, 4.69) is 10.3 Å². The summed E-state index contributed by atoms with van der Waals surface area (Å²) in [5.41, 5.74) is 7.05. The van der Waals surface area contributed by atoms with Crippen LogP contribution in [0.3, 0.4) is 0 Å². The first kappa shape index (κ1) is 13.7. The van der Waals surface area contributed by atoms with Crippen molar-refractivity contribution in [3.8, 4) is 0 Å². The van der Waals surface area contributed by atoms with Crippen LogP contribution < -0.4 is 11.1 Å². The van der Waals surface area contributed by atoms with Gasteiger partial charge in [-0.05, 0) is 36.2 Å². The number of carbonyl (C=O) groups excluding carboxylic acids is 2. The molecule has 1 aromatic heterocycles. The van der Waals surface area contributed by atoms with Crippen LogP contribution in [-0.2, 0) is 11.2 Å². The number of para-hydroxylation sites is 1.